The van der Waals surface area contributed by atoms with Crippen LogP contribution in [0.15, 0.2) is 72.8 Å². The van der Waals surface area contributed by atoms with Gasteiger partial charge in [-0.2, -0.15) is 4.98 Å². The number of aromatic nitrogens is 2. The molecule has 0 amide bonds. The summed E-state index contributed by atoms with van der Waals surface area (Å²) in [6.45, 7) is 4.92. The van der Waals surface area contributed by atoms with E-state index in [-0.39, 0.29) is 30.9 Å². The smallest absolute Gasteiger partial charge is 0.310 e. The van der Waals surface area contributed by atoms with Gasteiger partial charge in [-0.15, -0.1) is 0 Å². The summed E-state index contributed by atoms with van der Waals surface area (Å²) in [7, 11) is 1.60. The minimum Gasteiger partial charge on any atom is -0.497 e. The SMILES string of the molecule is COc1ccc(CC(=O)OCc2nc(Nc3ccc(F)cc3)nc(N3CCc4ccccc4C3C)c2C)cc1. The molecule has 0 aliphatic carbocycles. The van der Waals surface area contributed by atoms with Gasteiger partial charge in [0.15, 0.2) is 0 Å². The summed E-state index contributed by atoms with van der Waals surface area (Å²) in [5, 5.41) is 3.18. The lowest BCUT2D eigenvalue weighted by molar-refractivity contribution is -0.144. The minimum atomic E-state index is -0.354. The number of methoxy groups -OCH3 is 1. The molecule has 1 unspecified atom stereocenters. The van der Waals surface area contributed by atoms with Gasteiger partial charge in [-0.25, -0.2) is 9.37 Å². The average molecular weight is 527 g/mol. The lowest BCUT2D eigenvalue weighted by Crippen LogP contribution is -2.35. The number of rotatable bonds is 8. The van der Waals surface area contributed by atoms with E-state index in [0.29, 0.717) is 17.3 Å². The molecule has 5 rings (SSSR count). The largest absolute Gasteiger partial charge is 0.497 e. The summed E-state index contributed by atoms with van der Waals surface area (Å²) in [6, 6.07) is 21.9. The van der Waals surface area contributed by atoms with Crippen LogP contribution in [0.25, 0.3) is 0 Å². The first-order valence-electron chi connectivity index (χ1n) is 12.9. The number of hydrogen-bond donors (Lipinski definition) is 1. The van der Waals surface area contributed by atoms with Crippen LogP contribution in [0.4, 0.5) is 21.8 Å². The van der Waals surface area contributed by atoms with Gasteiger partial charge in [0.05, 0.1) is 25.3 Å². The zero-order chi connectivity index (χ0) is 27.4. The maximum absolute atomic E-state index is 13.5. The highest BCUT2D eigenvalue weighted by Gasteiger charge is 2.27. The predicted octanol–water partition coefficient (Wildman–Crippen LogP) is 6.09. The molecule has 0 saturated carbocycles. The molecular formula is C31H31FN4O3. The number of carbonyl (C=O) groups is 1. The zero-order valence-electron chi connectivity index (χ0n) is 22.3. The molecule has 0 spiro atoms. The lowest BCUT2D eigenvalue weighted by atomic mass is 9.93. The molecule has 0 bridgehead atoms. The fourth-order valence-electron chi connectivity index (χ4n) is 4.86. The Hall–Kier alpha value is -4.46. The zero-order valence-corrected chi connectivity index (χ0v) is 22.3. The molecule has 0 fully saturated rings. The van der Waals surface area contributed by atoms with Crippen LogP contribution < -0.4 is 15.0 Å². The van der Waals surface area contributed by atoms with E-state index in [1.807, 2.05) is 31.2 Å². The Labute approximate surface area is 227 Å². The van der Waals surface area contributed by atoms with Gasteiger partial charge in [0, 0.05) is 17.8 Å². The van der Waals surface area contributed by atoms with Gasteiger partial charge >= 0.3 is 5.97 Å². The van der Waals surface area contributed by atoms with E-state index in [0.717, 1.165) is 35.7 Å². The first-order valence-corrected chi connectivity index (χ1v) is 12.9. The van der Waals surface area contributed by atoms with Gasteiger partial charge < -0.3 is 19.7 Å². The van der Waals surface area contributed by atoms with E-state index in [9.17, 15) is 9.18 Å². The van der Waals surface area contributed by atoms with Crippen LogP contribution in [0, 0.1) is 12.7 Å². The summed E-state index contributed by atoms with van der Waals surface area (Å²) >= 11 is 0. The van der Waals surface area contributed by atoms with Crippen molar-refractivity contribution in [1.29, 1.82) is 0 Å². The maximum Gasteiger partial charge on any atom is 0.310 e. The van der Waals surface area contributed by atoms with Crippen molar-refractivity contribution in [2.75, 3.05) is 23.9 Å². The molecule has 1 atom stereocenters. The Morgan fingerprint density at radius 1 is 1.05 bits per heavy atom. The van der Waals surface area contributed by atoms with Crippen LogP contribution in [-0.2, 0) is 29.0 Å². The van der Waals surface area contributed by atoms with Crippen LogP contribution >= 0.6 is 0 Å². The molecule has 0 radical (unpaired) electrons. The van der Waals surface area contributed by atoms with Crippen LogP contribution in [0.1, 0.15) is 40.9 Å². The molecule has 39 heavy (non-hydrogen) atoms. The number of carbonyl (C=O) groups excluding carboxylic acids is 1. The summed E-state index contributed by atoms with van der Waals surface area (Å²) in [6.07, 6.45) is 1.04. The van der Waals surface area contributed by atoms with Crippen molar-refractivity contribution in [3.05, 3.63) is 107 Å². The fourth-order valence-corrected chi connectivity index (χ4v) is 4.86. The van der Waals surface area contributed by atoms with E-state index in [2.05, 4.69) is 46.4 Å². The Morgan fingerprint density at radius 2 is 1.79 bits per heavy atom. The Kier molecular flexibility index (Phi) is 7.72. The average Bonchev–Trinajstić information content (AvgIpc) is 2.95. The van der Waals surface area contributed by atoms with Crippen molar-refractivity contribution in [2.24, 2.45) is 0 Å². The number of nitrogens with one attached hydrogen (secondary N) is 1. The van der Waals surface area contributed by atoms with E-state index in [4.69, 9.17) is 14.5 Å². The number of esters is 1. The number of fused-ring (bicyclic) bond motifs is 1. The van der Waals surface area contributed by atoms with Crippen LogP contribution in [0.2, 0.25) is 0 Å². The van der Waals surface area contributed by atoms with Crippen molar-refractivity contribution in [2.45, 2.75) is 39.3 Å². The third-order valence-corrected chi connectivity index (χ3v) is 7.07. The number of ether oxygens (including phenoxy) is 2. The van der Waals surface area contributed by atoms with E-state index in [1.54, 1.807) is 19.2 Å². The molecule has 1 aliphatic rings. The fraction of sp³-hybridized carbons (Fsp3) is 0.258. The molecular weight excluding hydrogens is 495 g/mol. The molecule has 4 aromatic rings. The highest BCUT2D eigenvalue weighted by atomic mass is 19.1. The lowest BCUT2D eigenvalue weighted by Gasteiger charge is -2.37. The molecule has 0 saturated heterocycles. The summed E-state index contributed by atoms with van der Waals surface area (Å²) in [5.41, 5.74) is 5.56. The summed E-state index contributed by atoms with van der Waals surface area (Å²) < 4.78 is 24.3. The number of nitrogens with zero attached hydrogens (tertiary/aromatic N) is 3. The molecule has 200 valence electrons. The second kappa shape index (κ2) is 11.5. The maximum atomic E-state index is 13.5. The Morgan fingerprint density at radius 3 is 2.54 bits per heavy atom. The number of anilines is 3. The normalized spacial score (nSPS) is 14.5. The molecule has 1 aromatic heterocycles. The minimum absolute atomic E-state index is 0.00719. The molecule has 1 N–H and O–H groups in total. The van der Waals surface area contributed by atoms with Gasteiger partial charge in [-0.3, -0.25) is 4.79 Å². The standard InChI is InChI=1S/C31H31FN4O3/c1-20-28(19-39-29(37)18-22-8-14-26(38-3)15-9-22)34-31(33-25-12-10-24(32)11-13-25)35-30(20)36-17-16-23-6-4-5-7-27(23)21(36)2/h4-15,21H,16-19H2,1-3H3,(H,33,34,35). The van der Waals surface area contributed by atoms with Gasteiger partial charge in [0.1, 0.15) is 24.0 Å². The van der Waals surface area contributed by atoms with Crippen LogP contribution in [-0.4, -0.2) is 29.6 Å². The second-order valence-corrected chi connectivity index (χ2v) is 9.58. The highest BCUT2D eigenvalue weighted by Crippen LogP contribution is 2.35. The van der Waals surface area contributed by atoms with Crippen molar-refractivity contribution in [3.63, 3.8) is 0 Å². The summed E-state index contributed by atoms with van der Waals surface area (Å²) in [4.78, 5) is 24.5. The highest BCUT2D eigenvalue weighted by molar-refractivity contribution is 5.72. The van der Waals surface area contributed by atoms with Crippen molar-refractivity contribution in [1.82, 2.24) is 9.97 Å². The van der Waals surface area contributed by atoms with E-state index in [1.165, 1.54) is 23.3 Å². The van der Waals surface area contributed by atoms with Crippen LogP contribution in [0.3, 0.4) is 0 Å². The first-order chi connectivity index (χ1) is 18.9. The van der Waals surface area contributed by atoms with Crippen molar-refractivity contribution >= 4 is 23.4 Å². The monoisotopic (exact) mass is 526 g/mol. The van der Waals surface area contributed by atoms with Gasteiger partial charge in [-0.05, 0) is 73.4 Å². The molecule has 3 aromatic carbocycles. The van der Waals surface area contributed by atoms with E-state index >= 15 is 0 Å². The van der Waals surface area contributed by atoms with Crippen LogP contribution in [0.5, 0.6) is 5.75 Å². The van der Waals surface area contributed by atoms with Crippen molar-refractivity contribution in [3.8, 4) is 5.75 Å². The third-order valence-electron chi connectivity index (χ3n) is 7.07. The summed E-state index contributed by atoms with van der Waals surface area (Å²) in [5.74, 6) is 1.18. The van der Waals surface area contributed by atoms with Crippen molar-refractivity contribution < 1.29 is 18.7 Å². The Bertz CT molecular complexity index is 1460. The topological polar surface area (TPSA) is 76.6 Å². The first kappa shape index (κ1) is 26.2. The number of benzene rings is 3. The Balaban J connectivity index is 1.41. The molecule has 1 aliphatic heterocycles. The number of hydrogen-bond acceptors (Lipinski definition) is 7. The van der Waals surface area contributed by atoms with Gasteiger partial charge in [0.25, 0.3) is 0 Å². The number of halogens is 1. The molecule has 8 heteroatoms. The molecule has 7 nitrogen and oxygen atoms in total. The second-order valence-electron chi connectivity index (χ2n) is 9.58. The van der Waals surface area contributed by atoms with E-state index < -0.39 is 0 Å². The van der Waals surface area contributed by atoms with Gasteiger partial charge in [0.2, 0.25) is 5.95 Å². The predicted molar refractivity (Wildman–Crippen MR) is 149 cm³/mol. The quantitative estimate of drug-likeness (QED) is 0.279. The third kappa shape index (κ3) is 6.00. The van der Waals surface area contributed by atoms with Gasteiger partial charge in [-0.1, -0.05) is 36.4 Å². The molecule has 2 heterocycles.